The quantitative estimate of drug-likeness (QED) is 0.592. The van der Waals surface area contributed by atoms with Gasteiger partial charge in [-0.25, -0.2) is 4.98 Å². The number of H-pyrrole nitrogens is 1. The number of rotatable bonds is 0. The summed E-state index contributed by atoms with van der Waals surface area (Å²) < 4.78 is 0. The highest BCUT2D eigenvalue weighted by atomic mass is 14.9. The molecule has 2 aromatic heterocycles. The highest BCUT2D eigenvalue weighted by molar-refractivity contribution is 5.88. The number of aromatic nitrogens is 2. The minimum atomic E-state index is 0.786. The molecule has 0 spiro atoms. The van der Waals surface area contributed by atoms with E-state index in [-0.39, 0.29) is 0 Å². The van der Waals surface area contributed by atoms with Gasteiger partial charge in [-0.05, 0) is 19.1 Å². The molecule has 2 rings (SSSR count). The molecule has 0 saturated heterocycles. The minimum absolute atomic E-state index is 0.786. The Morgan fingerprint density at radius 3 is 3.18 bits per heavy atom. The third-order valence-corrected chi connectivity index (χ3v) is 1.69. The molecule has 0 radical (unpaired) electrons. The Balaban J connectivity index is 2.91. The Morgan fingerprint density at radius 2 is 2.36 bits per heavy atom. The van der Waals surface area contributed by atoms with Crippen molar-refractivity contribution in [2.75, 3.05) is 5.73 Å². The van der Waals surface area contributed by atoms with Crippen LogP contribution in [0.4, 0.5) is 5.69 Å². The van der Waals surface area contributed by atoms with E-state index in [0.29, 0.717) is 0 Å². The van der Waals surface area contributed by atoms with Gasteiger partial charge in [0.05, 0.1) is 0 Å². The lowest BCUT2D eigenvalue weighted by Gasteiger charge is -1.96. The first-order valence-electron chi connectivity index (χ1n) is 3.47. The summed E-state index contributed by atoms with van der Waals surface area (Å²) in [5, 5.41) is 0.996. The van der Waals surface area contributed by atoms with E-state index in [1.54, 1.807) is 0 Å². The summed E-state index contributed by atoms with van der Waals surface area (Å²) >= 11 is 0. The second kappa shape index (κ2) is 1.99. The topological polar surface area (TPSA) is 54.7 Å². The van der Waals surface area contributed by atoms with E-state index in [9.17, 15) is 0 Å². The van der Waals surface area contributed by atoms with Crippen molar-refractivity contribution in [3.63, 3.8) is 0 Å². The number of hydrogen-bond donors (Lipinski definition) is 2. The molecule has 0 atom stereocenters. The van der Waals surface area contributed by atoms with Gasteiger partial charge in [-0.15, -0.1) is 0 Å². The Kier molecular flexibility index (Phi) is 1.12. The summed E-state index contributed by atoms with van der Waals surface area (Å²) in [6, 6.07) is 3.80. The van der Waals surface area contributed by atoms with Crippen molar-refractivity contribution in [1.29, 1.82) is 0 Å². The summed E-state index contributed by atoms with van der Waals surface area (Å²) in [7, 11) is 0. The molecular weight excluding hydrogens is 138 g/mol. The lowest BCUT2D eigenvalue weighted by Crippen LogP contribution is -1.89. The van der Waals surface area contributed by atoms with Crippen LogP contribution in [0.15, 0.2) is 18.3 Å². The van der Waals surface area contributed by atoms with E-state index in [1.165, 1.54) is 0 Å². The van der Waals surface area contributed by atoms with Gasteiger partial charge in [0.2, 0.25) is 0 Å². The SMILES string of the molecule is Cc1cc(N)c2cc[nH]c2n1. The number of pyridine rings is 1. The highest BCUT2D eigenvalue weighted by Crippen LogP contribution is 2.18. The van der Waals surface area contributed by atoms with Crippen molar-refractivity contribution in [2.24, 2.45) is 0 Å². The van der Waals surface area contributed by atoms with Crippen molar-refractivity contribution in [3.05, 3.63) is 24.0 Å². The van der Waals surface area contributed by atoms with Crippen LogP contribution in [0.5, 0.6) is 0 Å². The second-order valence-electron chi connectivity index (χ2n) is 2.59. The smallest absolute Gasteiger partial charge is 0.139 e. The maximum atomic E-state index is 5.74. The van der Waals surface area contributed by atoms with Gasteiger partial charge in [-0.3, -0.25) is 0 Å². The van der Waals surface area contributed by atoms with Crippen molar-refractivity contribution in [3.8, 4) is 0 Å². The molecule has 0 aliphatic rings. The van der Waals surface area contributed by atoms with Crippen LogP contribution in [0.3, 0.4) is 0 Å². The third kappa shape index (κ3) is 0.852. The Labute approximate surface area is 64.2 Å². The molecule has 0 aliphatic carbocycles. The standard InChI is InChI=1S/C8H9N3/c1-5-4-7(9)6-2-3-10-8(6)11-5/h2-4H,1H3,(H3,9,10,11). The summed E-state index contributed by atoms with van der Waals surface area (Å²) in [5.74, 6) is 0. The summed E-state index contributed by atoms with van der Waals surface area (Å²) in [4.78, 5) is 7.27. The molecule has 2 heterocycles. The first-order chi connectivity index (χ1) is 5.27. The van der Waals surface area contributed by atoms with Gasteiger partial charge >= 0.3 is 0 Å². The number of nitrogen functional groups attached to an aromatic ring is 1. The van der Waals surface area contributed by atoms with Crippen LogP contribution < -0.4 is 5.73 Å². The van der Waals surface area contributed by atoms with Crippen LogP contribution in [0.2, 0.25) is 0 Å². The van der Waals surface area contributed by atoms with Crippen LogP contribution in [-0.4, -0.2) is 9.97 Å². The number of nitrogens with zero attached hydrogens (tertiary/aromatic N) is 1. The largest absolute Gasteiger partial charge is 0.398 e. The lowest BCUT2D eigenvalue weighted by atomic mass is 10.2. The number of hydrogen-bond acceptors (Lipinski definition) is 2. The monoisotopic (exact) mass is 147 g/mol. The number of aromatic amines is 1. The first kappa shape index (κ1) is 6.22. The van der Waals surface area contributed by atoms with E-state index in [2.05, 4.69) is 9.97 Å². The predicted octanol–water partition coefficient (Wildman–Crippen LogP) is 1.45. The lowest BCUT2D eigenvalue weighted by molar-refractivity contribution is 1.22. The fraction of sp³-hybridized carbons (Fsp3) is 0.125. The minimum Gasteiger partial charge on any atom is -0.398 e. The Morgan fingerprint density at radius 1 is 1.55 bits per heavy atom. The number of fused-ring (bicyclic) bond motifs is 1. The van der Waals surface area contributed by atoms with Crippen molar-refractivity contribution >= 4 is 16.7 Å². The molecule has 56 valence electrons. The van der Waals surface area contributed by atoms with Crippen LogP contribution in [-0.2, 0) is 0 Å². The first-order valence-corrected chi connectivity index (χ1v) is 3.47. The average Bonchev–Trinajstić information content (AvgIpc) is 2.34. The van der Waals surface area contributed by atoms with Gasteiger partial charge in [-0.1, -0.05) is 0 Å². The van der Waals surface area contributed by atoms with Crippen molar-refractivity contribution in [1.82, 2.24) is 9.97 Å². The normalized spacial score (nSPS) is 10.6. The number of nitrogens with one attached hydrogen (secondary N) is 1. The molecule has 3 heteroatoms. The fourth-order valence-corrected chi connectivity index (χ4v) is 1.20. The predicted molar refractivity (Wildman–Crippen MR) is 45.2 cm³/mol. The Bertz CT molecular complexity index is 389. The number of anilines is 1. The van der Waals surface area contributed by atoms with Gasteiger partial charge in [0, 0.05) is 23.0 Å². The molecule has 0 aromatic carbocycles. The zero-order chi connectivity index (χ0) is 7.84. The summed E-state index contributed by atoms with van der Waals surface area (Å²) in [6.45, 7) is 1.93. The van der Waals surface area contributed by atoms with Gasteiger partial charge in [0.15, 0.2) is 0 Å². The molecule has 3 nitrogen and oxygen atoms in total. The molecule has 0 fully saturated rings. The summed E-state index contributed by atoms with van der Waals surface area (Å²) in [6.07, 6.45) is 1.84. The summed E-state index contributed by atoms with van der Waals surface area (Å²) in [5.41, 5.74) is 8.33. The molecule has 0 amide bonds. The van der Waals surface area contributed by atoms with E-state index in [4.69, 9.17) is 5.73 Å². The molecule has 2 aromatic rings. The molecule has 0 aliphatic heterocycles. The molecule has 3 N–H and O–H groups in total. The van der Waals surface area contributed by atoms with Crippen LogP contribution in [0, 0.1) is 6.92 Å². The molecule has 0 bridgehead atoms. The van der Waals surface area contributed by atoms with E-state index < -0.39 is 0 Å². The van der Waals surface area contributed by atoms with E-state index in [0.717, 1.165) is 22.4 Å². The van der Waals surface area contributed by atoms with Crippen molar-refractivity contribution < 1.29 is 0 Å². The fourth-order valence-electron chi connectivity index (χ4n) is 1.20. The van der Waals surface area contributed by atoms with Crippen LogP contribution >= 0.6 is 0 Å². The van der Waals surface area contributed by atoms with Crippen molar-refractivity contribution in [2.45, 2.75) is 6.92 Å². The van der Waals surface area contributed by atoms with Gasteiger partial charge in [-0.2, -0.15) is 0 Å². The average molecular weight is 147 g/mol. The third-order valence-electron chi connectivity index (χ3n) is 1.69. The van der Waals surface area contributed by atoms with Crippen LogP contribution in [0.1, 0.15) is 5.69 Å². The molecular formula is C8H9N3. The van der Waals surface area contributed by atoms with Gasteiger partial charge in [0.1, 0.15) is 5.65 Å². The molecule has 0 saturated carbocycles. The maximum absolute atomic E-state index is 5.74. The van der Waals surface area contributed by atoms with Gasteiger partial charge < -0.3 is 10.7 Å². The van der Waals surface area contributed by atoms with Crippen LogP contribution in [0.25, 0.3) is 11.0 Å². The number of aryl methyl sites for hydroxylation is 1. The molecule has 0 unspecified atom stereocenters. The highest BCUT2D eigenvalue weighted by Gasteiger charge is 1.99. The number of nitrogens with two attached hydrogens (primary N) is 1. The zero-order valence-corrected chi connectivity index (χ0v) is 6.26. The molecule has 11 heavy (non-hydrogen) atoms. The maximum Gasteiger partial charge on any atom is 0.139 e. The zero-order valence-electron chi connectivity index (χ0n) is 6.26. The van der Waals surface area contributed by atoms with E-state index >= 15 is 0 Å². The van der Waals surface area contributed by atoms with Gasteiger partial charge in [0.25, 0.3) is 0 Å². The van der Waals surface area contributed by atoms with E-state index in [1.807, 2.05) is 25.3 Å². The Hall–Kier alpha value is -1.51. The second-order valence-corrected chi connectivity index (χ2v) is 2.59.